The first-order chi connectivity index (χ1) is 9.22. The summed E-state index contributed by atoms with van der Waals surface area (Å²) in [6.45, 7) is 2.25. The SMILES string of the molecule is CCCCC1CCC(C(=O)N(C)c2nccs2)CC1. The summed E-state index contributed by atoms with van der Waals surface area (Å²) in [7, 11) is 1.85. The van der Waals surface area contributed by atoms with Gasteiger partial charge >= 0.3 is 0 Å². The maximum Gasteiger partial charge on any atom is 0.231 e. The van der Waals surface area contributed by atoms with E-state index in [1.165, 1.54) is 43.4 Å². The molecule has 1 aliphatic rings. The van der Waals surface area contributed by atoms with Gasteiger partial charge in [0.25, 0.3) is 0 Å². The van der Waals surface area contributed by atoms with E-state index < -0.39 is 0 Å². The molecule has 0 aromatic carbocycles. The van der Waals surface area contributed by atoms with Gasteiger partial charge in [0.15, 0.2) is 5.13 Å². The van der Waals surface area contributed by atoms with Crippen LogP contribution in [0.4, 0.5) is 5.13 Å². The van der Waals surface area contributed by atoms with E-state index in [2.05, 4.69) is 11.9 Å². The second-order valence-electron chi connectivity index (χ2n) is 5.57. The van der Waals surface area contributed by atoms with Crippen LogP contribution in [0, 0.1) is 11.8 Å². The molecule has 1 aromatic rings. The van der Waals surface area contributed by atoms with E-state index in [1.54, 1.807) is 11.1 Å². The van der Waals surface area contributed by atoms with E-state index in [1.807, 2.05) is 12.4 Å². The molecule has 1 fully saturated rings. The first-order valence-corrected chi connectivity index (χ1v) is 8.27. The Morgan fingerprint density at radius 1 is 1.42 bits per heavy atom. The Balaban J connectivity index is 1.82. The number of amides is 1. The van der Waals surface area contributed by atoms with Gasteiger partial charge in [-0.05, 0) is 31.6 Å². The van der Waals surface area contributed by atoms with E-state index in [0.29, 0.717) is 0 Å². The summed E-state index contributed by atoms with van der Waals surface area (Å²) < 4.78 is 0. The van der Waals surface area contributed by atoms with Crippen molar-refractivity contribution in [1.29, 1.82) is 0 Å². The third kappa shape index (κ3) is 3.78. The van der Waals surface area contributed by atoms with E-state index in [-0.39, 0.29) is 11.8 Å². The van der Waals surface area contributed by atoms with Gasteiger partial charge in [0.05, 0.1) is 0 Å². The lowest BCUT2D eigenvalue weighted by atomic mass is 9.79. The molecule has 3 nitrogen and oxygen atoms in total. The minimum absolute atomic E-state index is 0.215. The highest BCUT2D eigenvalue weighted by Gasteiger charge is 2.28. The van der Waals surface area contributed by atoms with Gasteiger partial charge in [-0.3, -0.25) is 9.69 Å². The molecule has 0 unspecified atom stereocenters. The van der Waals surface area contributed by atoms with Crippen molar-refractivity contribution in [2.24, 2.45) is 11.8 Å². The minimum atomic E-state index is 0.215. The van der Waals surface area contributed by atoms with Crippen molar-refractivity contribution in [3.8, 4) is 0 Å². The third-order valence-electron chi connectivity index (χ3n) is 4.20. The summed E-state index contributed by atoms with van der Waals surface area (Å²) in [6, 6.07) is 0. The fraction of sp³-hybridized carbons (Fsp3) is 0.733. The molecule has 0 aliphatic heterocycles. The lowest BCUT2D eigenvalue weighted by molar-refractivity contribution is -0.123. The van der Waals surface area contributed by atoms with Crippen LogP contribution in [-0.4, -0.2) is 17.9 Å². The van der Waals surface area contributed by atoms with Crippen LogP contribution in [0.3, 0.4) is 0 Å². The van der Waals surface area contributed by atoms with Crippen LogP contribution in [0.2, 0.25) is 0 Å². The Morgan fingerprint density at radius 3 is 2.74 bits per heavy atom. The summed E-state index contributed by atoms with van der Waals surface area (Å²) in [4.78, 5) is 18.4. The lowest BCUT2D eigenvalue weighted by Gasteiger charge is -2.29. The molecular formula is C15H24N2OS. The fourth-order valence-electron chi connectivity index (χ4n) is 2.94. The van der Waals surface area contributed by atoms with Crippen LogP contribution in [0.25, 0.3) is 0 Å². The largest absolute Gasteiger partial charge is 0.291 e. The maximum absolute atomic E-state index is 12.4. The molecule has 106 valence electrons. The third-order valence-corrected chi connectivity index (χ3v) is 5.05. The van der Waals surface area contributed by atoms with Crippen LogP contribution in [-0.2, 0) is 4.79 Å². The predicted octanol–water partition coefficient (Wildman–Crippen LogP) is 4.10. The second kappa shape index (κ2) is 7.04. The average Bonchev–Trinajstić information content (AvgIpc) is 2.98. The molecule has 2 rings (SSSR count). The molecule has 0 atom stereocenters. The zero-order valence-electron chi connectivity index (χ0n) is 12.0. The molecule has 0 radical (unpaired) electrons. The van der Waals surface area contributed by atoms with Crippen LogP contribution < -0.4 is 4.90 Å². The van der Waals surface area contributed by atoms with Crippen LogP contribution >= 0.6 is 11.3 Å². The van der Waals surface area contributed by atoms with Gasteiger partial charge in [-0.25, -0.2) is 4.98 Å². The molecule has 1 amide bonds. The van der Waals surface area contributed by atoms with Crippen molar-refractivity contribution in [2.75, 3.05) is 11.9 Å². The minimum Gasteiger partial charge on any atom is -0.291 e. The first kappa shape index (κ1) is 14.5. The van der Waals surface area contributed by atoms with Crippen molar-refractivity contribution in [3.63, 3.8) is 0 Å². The van der Waals surface area contributed by atoms with Crippen molar-refractivity contribution >= 4 is 22.4 Å². The number of rotatable bonds is 5. The number of hydrogen-bond acceptors (Lipinski definition) is 3. The molecular weight excluding hydrogens is 256 g/mol. The van der Waals surface area contributed by atoms with E-state index >= 15 is 0 Å². The molecule has 1 heterocycles. The number of carbonyl (C=O) groups is 1. The smallest absolute Gasteiger partial charge is 0.231 e. The number of carbonyl (C=O) groups excluding carboxylic acids is 1. The van der Waals surface area contributed by atoms with Gasteiger partial charge < -0.3 is 0 Å². The first-order valence-electron chi connectivity index (χ1n) is 7.39. The van der Waals surface area contributed by atoms with E-state index in [0.717, 1.165) is 23.9 Å². The number of unbranched alkanes of at least 4 members (excludes halogenated alkanes) is 1. The van der Waals surface area contributed by atoms with Gasteiger partial charge in [-0.15, -0.1) is 11.3 Å². The Kier molecular flexibility index (Phi) is 5.37. The highest BCUT2D eigenvalue weighted by atomic mass is 32.1. The Hall–Kier alpha value is -0.900. The Morgan fingerprint density at radius 2 is 2.16 bits per heavy atom. The van der Waals surface area contributed by atoms with E-state index in [4.69, 9.17) is 0 Å². The Bertz CT molecular complexity index is 383. The zero-order valence-corrected chi connectivity index (χ0v) is 12.8. The monoisotopic (exact) mass is 280 g/mol. The lowest BCUT2D eigenvalue weighted by Crippen LogP contribution is -2.34. The van der Waals surface area contributed by atoms with Gasteiger partial charge in [-0.1, -0.05) is 26.2 Å². The molecule has 1 saturated carbocycles. The maximum atomic E-state index is 12.4. The summed E-state index contributed by atoms with van der Waals surface area (Å²) in [5.41, 5.74) is 0. The summed E-state index contributed by atoms with van der Waals surface area (Å²) in [5.74, 6) is 1.32. The van der Waals surface area contributed by atoms with Gasteiger partial charge in [-0.2, -0.15) is 0 Å². The van der Waals surface area contributed by atoms with Gasteiger partial charge in [0, 0.05) is 24.5 Å². The normalized spacial score (nSPS) is 23.3. The highest BCUT2D eigenvalue weighted by molar-refractivity contribution is 7.13. The van der Waals surface area contributed by atoms with Crippen molar-refractivity contribution in [1.82, 2.24) is 4.98 Å². The average molecular weight is 280 g/mol. The van der Waals surface area contributed by atoms with Crippen molar-refractivity contribution in [2.45, 2.75) is 51.9 Å². The van der Waals surface area contributed by atoms with Gasteiger partial charge in [0.1, 0.15) is 0 Å². The van der Waals surface area contributed by atoms with Crippen LogP contribution in [0.15, 0.2) is 11.6 Å². The number of hydrogen-bond donors (Lipinski definition) is 0. The molecule has 0 N–H and O–H groups in total. The number of nitrogens with zero attached hydrogens (tertiary/aromatic N) is 2. The van der Waals surface area contributed by atoms with Crippen LogP contribution in [0.5, 0.6) is 0 Å². The quantitative estimate of drug-likeness (QED) is 0.813. The van der Waals surface area contributed by atoms with Gasteiger partial charge in [0.2, 0.25) is 5.91 Å². The van der Waals surface area contributed by atoms with Crippen molar-refractivity contribution in [3.05, 3.63) is 11.6 Å². The molecule has 19 heavy (non-hydrogen) atoms. The topological polar surface area (TPSA) is 33.2 Å². The zero-order chi connectivity index (χ0) is 13.7. The Labute approximate surface area is 120 Å². The second-order valence-corrected chi connectivity index (χ2v) is 6.44. The molecule has 0 spiro atoms. The summed E-state index contributed by atoms with van der Waals surface area (Å²) in [5, 5.41) is 2.74. The number of anilines is 1. The molecule has 0 saturated heterocycles. The highest BCUT2D eigenvalue weighted by Crippen LogP contribution is 2.33. The fourth-order valence-corrected chi connectivity index (χ4v) is 3.55. The molecule has 1 aromatic heterocycles. The number of thiazole rings is 1. The standard InChI is InChI=1S/C15H24N2OS/c1-3-4-5-12-6-8-13(9-7-12)14(18)17(2)15-16-10-11-19-15/h10-13H,3-9H2,1-2H3. The molecule has 1 aliphatic carbocycles. The number of aromatic nitrogens is 1. The van der Waals surface area contributed by atoms with Crippen LogP contribution in [0.1, 0.15) is 51.9 Å². The van der Waals surface area contributed by atoms with E-state index in [9.17, 15) is 4.79 Å². The van der Waals surface area contributed by atoms with Crippen molar-refractivity contribution < 1.29 is 4.79 Å². The molecule has 4 heteroatoms. The predicted molar refractivity (Wildman–Crippen MR) is 80.5 cm³/mol. The molecule has 0 bridgehead atoms. The summed E-state index contributed by atoms with van der Waals surface area (Å²) in [6.07, 6.45) is 10.3. The summed E-state index contributed by atoms with van der Waals surface area (Å²) >= 11 is 1.53.